The van der Waals surface area contributed by atoms with Crippen molar-refractivity contribution in [3.63, 3.8) is 0 Å². The molecule has 2 aliphatic heterocycles. The number of pyridine rings is 2. The van der Waals surface area contributed by atoms with Gasteiger partial charge in [0.1, 0.15) is 28.8 Å². The highest BCUT2D eigenvalue weighted by molar-refractivity contribution is 6.10. The van der Waals surface area contributed by atoms with Crippen LogP contribution in [-0.2, 0) is 17.8 Å². The van der Waals surface area contributed by atoms with Gasteiger partial charge in [0.15, 0.2) is 5.82 Å². The summed E-state index contributed by atoms with van der Waals surface area (Å²) in [6, 6.07) is 15.8. The Morgan fingerprint density at radius 1 is 1.05 bits per heavy atom. The number of fused-ring (bicyclic) bond motifs is 1. The van der Waals surface area contributed by atoms with Crippen LogP contribution in [0.4, 0.5) is 16.4 Å². The number of benzene rings is 1. The number of para-hydroxylation sites is 1. The van der Waals surface area contributed by atoms with Gasteiger partial charge in [-0.25, -0.2) is 14.8 Å². The van der Waals surface area contributed by atoms with Crippen LogP contribution >= 0.6 is 0 Å². The molecule has 0 spiro atoms. The number of nitrogens with one attached hydrogen (secondary N) is 1. The summed E-state index contributed by atoms with van der Waals surface area (Å²) in [5, 5.41) is 11.6. The second-order valence-corrected chi connectivity index (χ2v) is 12.5. The van der Waals surface area contributed by atoms with Gasteiger partial charge in [-0.1, -0.05) is 24.3 Å². The smallest absolute Gasteiger partial charge is 0.407 e. The number of carbonyl (C=O) groups is 2. The minimum absolute atomic E-state index is 0.140. The third-order valence-electron chi connectivity index (χ3n) is 8.06. The SMILES string of the molecule is Cc1ccccc1-n1c(C)nnc1-c1cccc(N2Cc3c(cc(N4CCC[C@H]4C)nc3CNC(=O)OC(C)(C)C)C2=O)n1. The highest BCUT2D eigenvalue weighted by Crippen LogP contribution is 2.34. The number of hydrogen-bond donors (Lipinski definition) is 1. The van der Waals surface area contributed by atoms with Crippen molar-refractivity contribution in [2.24, 2.45) is 0 Å². The molecule has 0 aliphatic carbocycles. The highest BCUT2D eigenvalue weighted by Gasteiger charge is 2.35. The minimum Gasteiger partial charge on any atom is -0.444 e. The molecule has 6 rings (SSSR count). The van der Waals surface area contributed by atoms with Gasteiger partial charge in [-0.15, -0.1) is 10.2 Å². The maximum Gasteiger partial charge on any atom is 0.407 e. The van der Waals surface area contributed by atoms with Crippen LogP contribution in [0.15, 0.2) is 48.5 Å². The number of aromatic nitrogens is 5. The zero-order valence-electron chi connectivity index (χ0n) is 26.1. The van der Waals surface area contributed by atoms with Crippen LogP contribution in [0.1, 0.15) is 73.5 Å². The standard InChI is InChI=1S/C33H38N8O3/c1-20-11-7-8-14-27(20)41-22(3)37-38-30(41)25-13-9-15-28(35-25)40-19-24-23(31(40)42)17-29(39-16-10-12-21(39)2)36-26(24)18-34-32(43)44-33(4,5)6/h7-9,11,13-15,17,21H,10,12,16,18-19H2,1-6H3,(H,34,43)/t21-/m1/s1. The topological polar surface area (TPSA) is 118 Å². The Morgan fingerprint density at radius 2 is 1.84 bits per heavy atom. The van der Waals surface area contributed by atoms with Gasteiger partial charge < -0.3 is 15.0 Å². The maximum absolute atomic E-state index is 14.0. The van der Waals surface area contributed by atoms with Gasteiger partial charge in [0.05, 0.1) is 30.0 Å². The number of alkyl carbamates (subject to hydrolysis) is 1. The fourth-order valence-electron chi connectivity index (χ4n) is 5.90. The number of ether oxygens (including phenoxy) is 1. The van der Waals surface area contributed by atoms with Crippen LogP contribution in [0.25, 0.3) is 17.2 Å². The molecule has 11 nitrogen and oxygen atoms in total. The number of hydrogen-bond acceptors (Lipinski definition) is 8. The van der Waals surface area contributed by atoms with Crippen molar-refractivity contribution in [2.75, 3.05) is 16.3 Å². The molecular weight excluding hydrogens is 556 g/mol. The molecule has 4 aromatic rings. The summed E-state index contributed by atoms with van der Waals surface area (Å²) in [7, 11) is 0. The summed E-state index contributed by atoms with van der Waals surface area (Å²) >= 11 is 0. The van der Waals surface area contributed by atoms with Gasteiger partial charge in [-0.2, -0.15) is 0 Å². The van der Waals surface area contributed by atoms with Crippen molar-refractivity contribution in [1.82, 2.24) is 30.0 Å². The molecule has 228 valence electrons. The van der Waals surface area contributed by atoms with Crippen LogP contribution in [0.5, 0.6) is 0 Å². The molecule has 11 heteroatoms. The van der Waals surface area contributed by atoms with E-state index >= 15 is 0 Å². The van der Waals surface area contributed by atoms with E-state index in [9.17, 15) is 9.59 Å². The van der Waals surface area contributed by atoms with E-state index in [4.69, 9.17) is 14.7 Å². The molecule has 3 aromatic heterocycles. The molecule has 0 radical (unpaired) electrons. The first kappa shape index (κ1) is 29.3. The van der Waals surface area contributed by atoms with Gasteiger partial charge in [0.25, 0.3) is 5.91 Å². The highest BCUT2D eigenvalue weighted by atomic mass is 16.6. The molecule has 5 heterocycles. The van der Waals surface area contributed by atoms with Crippen LogP contribution in [0, 0.1) is 13.8 Å². The fourth-order valence-corrected chi connectivity index (χ4v) is 5.90. The molecule has 2 amide bonds. The molecule has 0 unspecified atom stereocenters. The first-order valence-corrected chi connectivity index (χ1v) is 15.0. The fraction of sp³-hybridized carbons (Fsp3) is 0.394. The number of anilines is 2. The zero-order valence-corrected chi connectivity index (χ0v) is 26.1. The molecule has 44 heavy (non-hydrogen) atoms. The third kappa shape index (κ3) is 5.61. The number of nitrogens with zero attached hydrogens (tertiary/aromatic N) is 7. The summed E-state index contributed by atoms with van der Waals surface area (Å²) < 4.78 is 7.44. The summed E-state index contributed by atoms with van der Waals surface area (Å²) in [5.41, 5.74) is 4.02. The van der Waals surface area contributed by atoms with Crippen molar-refractivity contribution in [3.05, 3.63) is 76.7 Å². The first-order chi connectivity index (χ1) is 21.0. The lowest BCUT2D eigenvalue weighted by atomic mass is 10.1. The van der Waals surface area contributed by atoms with Crippen molar-refractivity contribution >= 4 is 23.6 Å². The Morgan fingerprint density at radius 3 is 2.57 bits per heavy atom. The van der Waals surface area contributed by atoms with Gasteiger partial charge >= 0.3 is 6.09 Å². The van der Waals surface area contributed by atoms with Crippen LogP contribution in [0.3, 0.4) is 0 Å². The van der Waals surface area contributed by atoms with Gasteiger partial charge in [0, 0.05) is 18.2 Å². The van der Waals surface area contributed by atoms with Gasteiger partial charge in [0.2, 0.25) is 0 Å². The normalized spacial score (nSPS) is 16.4. The molecule has 1 atom stereocenters. The lowest BCUT2D eigenvalue weighted by molar-refractivity contribution is 0.0522. The van der Waals surface area contributed by atoms with Crippen LogP contribution < -0.4 is 15.1 Å². The molecule has 0 saturated carbocycles. The maximum atomic E-state index is 14.0. The van der Waals surface area contributed by atoms with E-state index in [1.807, 2.05) is 87.7 Å². The Labute approximate surface area is 257 Å². The average molecular weight is 595 g/mol. The lowest BCUT2D eigenvalue weighted by Crippen LogP contribution is -2.33. The van der Waals surface area contributed by atoms with Crippen LogP contribution in [-0.4, -0.2) is 54.9 Å². The minimum atomic E-state index is -0.627. The lowest BCUT2D eigenvalue weighted by Gasteiger charge is -2.24. The monoisotopic (exact) mass is 594 g/mol. The molecule has 0 bridgehead atoms. The number of rotatable bonds is 6. The Balaban J connectivity index is 1.34. The second-order valence-electron chi connectivity index (χ2n) is 12.5. The predicted octanol–water partition coefficient (Wildman–Crippen LogP) is 5.51. The Kier molecular flexibility index (Phi) is 7.56. The summed E-state index contributed by atoms with van der Waals surface area (Å²) in [6.45, 7) is 12.9. The molecule has 1 saturated heterocycles. The third-order valence-corrected chi connectivity index (χ3v) is 8.06. The van der Waals surface area contributed by atoms with Crippen molar-refractivity contribution < 1.29 is 14.3 Å². The Hall–Kier alpha value is -4.80. The van der Waals surface area contributed by atoms with Gasteiger partial charge in [-0.05, 0) is 84.2 Å². The quantitative estimate of drug-likeness (QED) is 0.310. The molecular formula is C33H38N8O3. The van der Waals surface area contributed by atoms with E-state index in [1.165, 1.54) is 0 Å². The Bertz CT molecular complexity index is 1740. The summed E-state index contributed by atoms with van der Waals surface area (Å²) in [4.78, 5) is 40.3. The molecule has 2 aliphatic rings. The number of aryl methyl sites for hydroxylation is 2. The van der Waals surface area contributed by atoms with Crippen molar-refractivity contribution in [1.29, 1.82) is 0 Å². The van der Waals surface area contributed by atoms with E-state index in [2.05, 4.69) is 27.3 Å². The van der Waals surface area contributed by atoms with E-state index in [0.717, 1.165) is 47.8 Å². The van der Waals surface area contributed by atoms with E-state index < -0.39 is 11.7 Å². The summed E-state index contributed by atoms with van der Waals surface area (Å²) in [5.74, 6) is 2.42. The van der Waals surface area contributed by atoms with Crippen LogP contribution in [0.2, 0.25) is 0 Å². The van der Waals surface area contributed by atoms with Crippen molar-refractivity contribution in [3.8, 4) is 17.2 Å². The van der Waals surface area contributed by atoms with E-state index in [0.29, 0.717) is 34.6 Å². The average Bonchev–Trinajstić information content (AvgIpc) is 3.68. The summed E-state index contributed by atoms with van der Waals surface area (Å²) in [6.07, 6.45) is 1.60. The van der Waals surface area contributed by atoms with E-state index in [1.54, 1.807) is 4.90 Å². The largest absolute Gasteiger partial charge is 0.444 e. The predicted molar refractivity (Wildman–Crippen MR) is 168 cm³/mol. The second kappa shape index (κ2) is 11.4. The number of amides is 2. The van der Waals surface area contributed by atoms with Crippen molar-refractivity contribution in [2.45, 2.75) is 79.1 Å². The van der Waals surface area contributed by atoms with E-state index in [-0.39, 0.29) is 19.0 Å². The first-order valence-electron chi connectivity index (χ1n) is 15.0. The van der Waals surface area contributed by atoms with Gasteiger partial charge in [-0.3, -0.25) is 14.3 Å². The number of carbonyl (C=O) groups excluding carboxylic acids is 2. The molecule has 1 aromatic carbocycles. The molecule has 1 N–H and O–H groups in total. The molecule has 1 fully saturated rings. The zero-order chi connectivity index (χ0) is 31.2.